The number of rotatable bonds is 5. The van der Waals surface area contributed by atoms with E-state index < -0.39 is 0 Å². The van der Waals surface area contributed by atoms with E-state index in [0.717, 1.165) is 33.9 Å². The fourth-order valence-electron chi connectivity index (χ4n) is 4.22. The van der Waals surface area contributed by atoms with Gasteiger partial charge in [-0.1, -0.05) is 72.8 Å². The van der Waals surface area contributed by atoms with Crippen molar-refractivity contribution < 1.29 is 0 Å². The van der Waals surface area contributed by atoms with Crippen LogP contribution in [0.1, 0.15) is 0 Å². The fourth-order valence-corrected chi connectivity index (χ4v) is 5.26. The molecule has 2 heterocycles. The van der Waals surface area contributed by atoms with Gasteiger partial charge in [0.1, 0.15) is 0 Å². The van der Waals surface area contributed by atoms with Crippen LogP contribution in [0, 0.1) is 0 Å². The van der Waals surface area contributed by atoms with Crippen LogP contribution in [0.15, 0.2) is 134 Å². The van der Waals surface area contributed by atoms with Crippen molar-refractivity contribution in [3.63, 3.8) is 0 Å². The number of hydrogen-bond acceptors (Lipinski definition) is 3. The molecule has 0 bridgehead atoms. The number of anilines is 3. The second-order valence-electron chi connectivity index (χ2n) is 8.13. The molecule has 34 heavy (non-hydrogen) atoms. The van der Waals surface area contributed by atoms with Gasteiger partial charge >= 0.3 is 0 Å². The Bertz CT molecular complexity index is 1450. The van der Waals surface area contributed by atoms with Crippen LogP contribution < -0.4 is 4.90 Å². The fraction of sp³-hybridized carbons (Fsp3) is 0. The molecule has 0 amide bonds. The average Bonchev–Trinajstić information content (AvgIpc) is 3.35. The van der Waals surface area contributed by atoms with Crippen LogP contribution in [0.2, 0.25) is 0 Å². The molecular weight excluding hydrogens is 432 g/mol. The van der Waals surface area contributed by atoms with Crippen molar-refractivity contribution >= 4 is 38.5 Å². The lowest BCUT2D eigenvalue weighted by Gasteiger charge is -2.25. The van der Waals surface area contributed by atoms with E-state index in [1.54, 1.807) is 11.3 Å². The van der Waals surface area contributed by atoms with Gasteiger partial charge in [0, 0.05) is 33.5 Å². The van der Waals surface area contributed by atoms with E-state index in [1.165, 1.54) is 15.0 Å². The Morgan fingerprint density at radius 1 is 0.529 bits per heavy atom. The van der Waals surface area contributed by atoms with E-state index in [0.29, 0.717) is 0 Å². The van der Waals surface area contributed by atoms with Gasteiger partial charge in [-0.15, -0.1) is 11.3 Å². The molecule has 0 N–H and O–H groups in total. The molecule has 0 radical (unpaired) electrons. The third-order valence-electron chi connectivity index (χ3n) is 5.93. The van der Waals surface area contributed by atoms with Crippen molar-refractivity contribution in [1.29, 1.82) is 0 Å². The summed E-state index contributed by atoms with van der Waals surface area (Å²) in [5.41, 5.74) is 6.67. The maximum Gasteiger partial charge on any atom is 0.0802 e. The molecule has 0 saturated heterocycles. The van der Waals surface area contributed by atoms with Crippen molar-refractivity contribution in [2.24, 2.45) is 0 Å². The minimum absolute atomic E-state index is 1.01. The Balaban J connectivity index is 1.30. The van der Waals surface area contributed by atoms with Crippen molar-refractivity contribution in [3.8, 4) is 21.7 Å². The summed E-state index contributed by atoms with van der Waals surface area (Å²) in [7, 11) is 0. The minimum atomic E-state index is 1.01. The molecule has 0 aliphatic heterocycles. The highest BCUT2D eigenvalue weighted by molar-refractivity contribution is 7.22. The van der Waals surface area contributed by atoms with Crippen molar-refractivity contribution in [2.75, 3.05) is 4.90 Å². The third-order valence-corrected chi connectivity index (χ3v) is 7.07. The first-order chi connectivity index (χ1) is 16.8. The van der Waals surface area contributed by atoms with Crippen LogP contribution in [0.5, 0.6) is 0 Å². The summed E-state index contributed by atoms with van der Waals surface area (Å²) in [6.45, 7) is 0. The summed E-state index contributed by atoms with van der Waals surface area (Å²) in [6.07, 6.45) is 1.97. The largest absolute Gasteiger partial charge is 0.311 e. The molecule has 6 aromatic rings. The zero-order chi connectivity index (χ0) is 22.7. The molecule has 4 aromatic carbocycles. The first kappa shape index (κ1) is 20.4. The van der Waals surface area contributed by atoms with Gasteiger partial charge in [0.2, 0.25) is 0 Å². The SMILES string of the molecule is c1ccc(N(c2ccccc2)c2ccc(-c3ccc(-c4cc5ccccc5s4)nc3)cc2)cc1. The van der Waals surface area contributed by atoms with Crippen LogP contribution in [0.3, 0.4) is 0 Å². The molecule has 0 saturated carbocycles. The van der Waals surface area contributed by atoms with Gasteiger partial charge in [0.15, 0.2) is 0 Å². The average molecular weight is 455 g/mol. The highest BCUT2D eigenvalue weighted by Crippen LogP contribution is 2.36. The first-order valence-electron chi connectivity index (χ1n) is 11.3. The van der Waals surface area contributed by atoms with E-state index >= 15 is 0 Å². The molecule has 0 aliphatic rings. The van der Waals surface area contributed by atoms with Crippen LogP contribution in [-0.2, 0) is 0 Å². The van der Waals surface area contributed by atoms with E-state index in [1.807, 2.05) is 18.3 Å². The van der Waals surface area contributed by atoms with Gasteiger partial charge in [0.05, 0.1) is 10.6 Å². The van der Waals surface area contributed by atoms with E-state index in [2.05, 4.69) is 120 Å². The molecular formula is C31H22N2S. The van der Waals surface area contributed by atoms with Gasteiger partial charge in [0.25, 0.3) is 0 Å². The molecule has 6 rings (SSSR count). The Labute approximate surface area is 203 Å². The highest BCUT2D eigenvalue weighted by atomic mass is 32.1. The third kappa shape index (κ3) is 3.98. The summed E-state index contributed by atoms with van der Waals surface area (Å²) in [5, 5.41) is 1.27. The number of benzene rings is 4. The Kier molecular flexibility index (Phi) is 5.38. The van der Waals surface area contributed by atoms with Crippen LogP contribution in [-0.4, -0.2) is 4.98 Å². The van der Waals surface area contributed by atoms with E-state index in [9.17, 15) is 0 Å². The van der Waals surface area contributed by atoms with Crippen LogP contribution in [0.4, 0.5) is 17.1 Å². The number of para-hydroxylation sites is 2. The van der Waals surface area contributed by atoms with Gasteiger partial charge in [-0.05, 0) is 65.5 Å². The summed E-state index contributed by atoms with van der Waals surface area (Å²) in [5.74, 6) is 0. The summed E-state index contributed by atoms with van der Waals surface area (Å²) in [4.78, 5) is 8.24. The zero-order valence-corrected chi connectivity index (χ0v) is 19.3. The normalized spacial score (nSPS) is 10.9. The monoisotopic (exact) mass is 454 g/mol. The van der Waals surface area contributed by atoms with Crippen LogP contribution in [0.25, 0.3) is 31.8 Å². The smallest absolute Gasteiger partial charge is 0.0802 e. The van der Waals surface area contributed by atoms with Gasteiger partial charge in [-0.3, -0.25) is 4.98 Å². The molecule has 2 aromatic heterocycles. The topological polar surface area (TPSA) is 16.1 Å². The lowest BCUT2D eigenvalue weighted by molar-refractivity contribution is 1.28. The van der Waals surface area contributed by atoms with Gasteiger partial charge < -0.3 is 4.90 Å². The Hall–Kier alpha value is -4.21. The summed E-state index contributed by atoms with van der Waals surface area (Å²) >= 11 is 1.78. The second-order valence-corrected chi connectivity index (χ2v) is 9.22. The lowest BCUT2D eigenvalue weighted by atomic mass is 10.1. The summed E-state index contributed by atoms with van der Waals surface area (Å²) < 4.78 is 1.29. The Morgan fingerprint density at radius 2 is 1.12 bits per heavy atom. The van der Waals surface area contributed by atoms with Crippen LogP contribution >= 0.6 is 11.3 Å². The highest BCUT2D eigenvalue weighted by Gasteiger charge is 2.12. The number of pyridine rings is 1. The molecule has 0 atom stereocenters. The second kappa shape index (κ2) is 8.97. The maximum absolute atomic E-state index is 4.77. The molecule has 2 nitrogen and oxygen atoms in total. The van der Waals surface area contributed by atoms with Gasteiger partial charge in [-0.25, -0.2) is 0 Å². The van der Waals surface area contributed by atoms with E-state index in [4.69, 9.17) is 4.98 Å². The molecule has 162 valence electrons. The number of thiophene rings is 1. The minimum Gasteiger partial charge on any atom is -0.311 e. The molecule has 0 fully saturated rings. The molecule has 0 unspecified atom stereocenters. The number of aromatic nitrogens is 1. The number of fused-ring (bicyclic) bond motifs is 1. The van der Waals surface area contributed by atoms with Crippen molar-refractivity contribution in [1.82, 2.24) is 4.98 Å². The first-order valence-corrected chi connectivity index (χ1v) is 12.1. The molecule has 0 aliphatic carbocycles. The predicted molar refractivity (Wildman–Crippen MR) is 145 cm³/mol. The quantitative estimate of drug-likeness (QED) is 0.258. The zero-order valence-electron chi connectivity index (χ0n) is 18.5. The number of nitrogens with zero attached hydrogens (tertiary/aromatic N) is 2. The lowest BCUT2D eigenvalue weighted by Crippen LogP contribution is -2.09. The molecule has 0 spiro atoms. The summed E-state index contributed by atoms with van der Waals surface area (Å²) in [6, 6.07) is 44.6. The van der Waals surface area contributed by atoms with Crippen molar-refractivity contribution in [3.05, 3.63) is 134 Å². The molecule has 3 heteroatoms. The standard InChI is InChI=1S/C31H22N2S/c1-3-10-26(11-4-1)33(27-12-5-2-6-13-27)28-18-15-23(16-19-28)25-17-20-29(32-22-25)31-21-24-9-7-8-14-30(24)34-31/h1-22H. The predicted octanol–water partition coefficient (Wildman–Crippen LogP) is 9.10. The number of hydrogen-bond donors (Lipinski definition) is 0. The Morgan fingerprint density at radius 3 is 1.74 bits per heavy atom. The van der Waals surface area contributed by atoms with E-state index in [-0.39, 0.29) is 0 Å². The maximum atomic E-state index is 4.77. The van der Waals surface area contributed by atoms with Crippen molar-refractivity contribution in [2.45, 2.75) is 0 Å². The van der Waals surface area contributed by atoms with Gasteiger partial charge in [-0.2, -0.15) is 0 Å².